The van der Waals surface area contributed by atoms with Crippen molar-refractivity contribution in [3.05, 3.63) is 92.2 Å². The first-order valence-electron chi connectivity index (χ1n) is 19.4. The van der Waals surface area contributed by atoms with Crippen LogP contribution >= 0.6 is 0 Å². The molecule has 0 fully saturated rings. The second kappa shape index (κ2) is 22.3. The first-order valence-corrected chi connectivity index (χ1v) is 19.4. The summed E-state index contributed by atoms with van der Waals surface area (Å²) in [5, 5.41) is 8.60. The number of rotatable bonds is 25. The molecule has 2 aromatic heterocycles. The van der Waals surface area contributed by atoms with E-state index < -0.39 is 5.97 Å². The molecule has 13 heteroatoms. The molecule has 3 aromatic carbocycles. The van der Waals surface area contributed by atoms with Gasteiger partial charge in [0.2, 0.25) is 11.6 Å². The molecule has 13 nitrogen and oxygen atoms in total. The molecule has 0 saturated carbocycles. The lowest BCUT2D eigenvalue weighted by atomic mass is 10.0. The van der Waals surface area contributed by atoms with Crippen molar-refractivity contribution in [3.8, 4) is 62.9 Å². The average Bonchev–Trinajstić information content (AvgIpc) is 3.94. The smallest absolute Gasteiger partial charge is 0.330 e. The molecule has 0 aliphatic rings. The molecule has 0 N–H and O–H groups in total. The van der Waals surface area contributed by atoms with Gasteiger partial charge in [-0.15, -0.1) is 0 Å². The van der Waals surface area contributed by atoms with Crippen LogP contribution in [0.1, 0.15) is 71.6 Å². The topological polar surface area (TPSA) is 158 Å². The fraction of sp³-hybridized carbons (Fsp3) is 0.364. The van der Waals surface area contributed by atoms with E-state index >= 15 is 0 Å². The second-order valence-corrected chi connectivity index (χ2v) is 13.3. The van der Waals surface area contributed by atoms with Crippen LogP contribution in [0.15, 0.2) is 101 Å². The number of esters is 2. The van der Waals surface area contributed by atoms with Crippen LogP contribution in [0.3, 0.4) is 0 Å². The van der Waals surface area contributed by atoms with E-state index in [2.05, 4.69) is 37.3 Å². The zero-order valence-electron chi connectivity index (χ0n) is 32.7. The fourth-order valence-electron chi connectivity index (χ4n) is 5.70. The average molecular weight is 779 g/mol. The number of aromatic nitrogens is 4. The highest BCUT2D eigenvalue weighted by Gasteiger charge is 2.18. The quantitative estimate of drug-likeness (QED) is 0.0239. The van der Waals surface area contributed by atoms with Gasteiger partial charge in [0.25, 0.3) is 11.8 Å². The first-order chi connectivity index (χ1) is 27.9. The van der Waals surface area contributed by atoms with E-state index in [1.165, 1.54) is 0 Å². The van der Waals surface area contributed by atoms with Crippen LogP contribution in [0, 0.1) is 5.92 Å². The van der Waals surface area contributed by atoms with Gasteiger partial charge in [-0.1, -0.05) is 56.6 Å². The molecule has 300 valence electrons. The molecule has 0 aliphatic heterocycles. The minimum atomic E-state index is -0.428. The van der Waals surface area contributed by atoms with E-state index in [1.54, 1.807) is 0 Å². The molecule has 1 atom stereocenters. The number of hydrogen-bond donors (Lipinski definition) is 0. The molecule has 5 aromatic rings. The van der Waals surface area contributed by atoms with E-state index in [0.29, 0.717) is 110 Å². The largest absolute Gasteiger partial charge is 0.494 e. The summed E-state index contributed by atoms with van der Waals surface area (Å²) >= 11 is 0. The van der Waals surface area contributed by atoms with Crippen molar-refractivity contribution in [2.45, 2.75) is 71.6 Å². The van der Waals surface area contributed by atoms with E-state index in [4.69, 9.17) is 42.7 Å². The van der Waals surface area contributed by atoms with Crippen molar-refractivity contribution in [2.24, 2.45) is 5.92 Å². The van der Waals surface area contributed by atoms with Crippen LogP contribution in [0.25, 0.3) is 45.7 Å². The minimum Gasteiger partial charge on any atom is -0.494 e. The third-order valence-corrected chi connectivity index (χ3v) is 8.98. The van der Waals surface area contributed by atoms with Crippen LogP contribution in [0.5, 0.6) is 17.2 Å². The Morgan fingerprint density at radius 2 is 1.25 bits per heavy atom. The number of ether oxygens (including phenoxy) is 5. The van der Waals surface area contributed by atoms with Crippen molar-refractivity contribution in [2.75, 3.05) is 26.4 Å². The highest BCUT2D eigenvalue weighted by atomic mass is 16.5. The van der Waals surface area contributed by atoms with Crippen LogP contribution in [-0.4, -0.2) is 58.6 Å². The summed E-state index contributed by atoms with van der Waals surface area (Å²) < 4.78 is 39.2. The monoisotopic (exact) mass is 778 g/mol. The lowest BCUT2D eigenvalue weighted by molar-refractivity contribution is -0.138. The minimum absolute atomic E-state index is 0.304. The van der Waals surface area contributed by atoms with Crippen molar-refractivity contribution in [3.63, 3.8) is 0 Å². The summed E-state index contributed by atoms with van der Waals surface area (Å²) in [5.74, 6) is 3.16. The summed E-state index contributed by atoms with van der Waals surface area (Å²) in [5.41, 5.74) is 2.80. The summed E-state index contributed by atoms with van der Waals surface area (Å²) in [6, 6.07) is 20.5. The number of carbonyl (C=O) groups is 2. The molecule has 0 aliphatic carbocycles. The van der Waals surface area contributed by atoms with Crippen molar-refractivity contribution < 1.29 is 42.3 Å². The third-order valence-electron chi connectivity index (χ3n) is 8.98. The Morgan fingerprint density at radius 3 is 1.77 bits per heavy atom. The summed E-state index contributed by atoms with van der Waals surface area (Å²) in [4.78, 5) is 32.1. The lowest BCUT2D eigenvalue weighted by Gasteiger charge is -2.16. The Morgan fingerprint density at radius 1 is 0.684 bits per heavy atom. The Balaban J connectivity index is 1.27. The van der Waals surface area contributed by atoms with Crippen LogP contribution in [0.4, 0.5) is 0 Å². The van der Waals surface area contributed by atoms with Gasteiger partial charge in [0.15, 0.2) is 0 Å². The molecule has 1 unspecified atom stereocenters. The number of carbonyl (C=O) groups excluding carboxylic acids is 2. The molecule has 0 radical (unpaired) electrons. The third kappa shape index (κ3) is 13.2. The van der Waals surface area contributed by atoms with Gasteiger partial charge in [0, 0.05) is 34.8 Å². The summed E-state index contributed by atoms with van der Waals surface area (Å²) in [7, 11) is 0. The zero-order chi connectivity index (χ0) is 40.2. The van der Waals surface area contributed by atoms with Gasteiger partial charge in [0.1, 0.15) is 17.2 Å². The molecule has 0 bridgehead atoms. The van der Waals surface area contributed by atoms with E-state index in [1.807, 2.05) is 66.7 Å². The van der Waals surface area contributed by atoms with Gasteiger partial charge >= 0.3 is 11.9 Å². The maximum absolute atomic E-state index is 11.5. The van der Waals surface area contributed by atoms with Gasteiger partial charge < -0.3 is 32.7 Å². The number of unbranched alkanes of at least 4 members (excludes halogenated alkanes) is 3. The highest BCUT2D eigenvalue weighted by molar-refractivity contribution is 5.81. The molecule has 0 spiro atoms. The van der Waals surface area contributed by atoms with Crippen molar-refractivity contribution in [1.82, 2.24) is 20.3 Å². The van der Waals surface area contributed by atoms with E-state index in [0.717, 1.165) is 55.6 Å². The predicted molar refractivity (Wildman–Crippen MR) is 214 cm³/mol. The Labute approximate surface area is 333 Å². The van der Waals surface area contributed by atoms with Crippen LogP contribution < -0.4 is 14.2 Å². The Hall–Kier alpha value is -6.24. The number of benzene rings is 3. The molecule has 0 saturated heterocycles. The Bertz CT molecular complexity index is 2020. The molecule has 2 heterocycles. The molecule has 5 rings (SSSR count). The van der Waals surface area contributed by atoms with Gasteiger partial charge in [-0.3, -0.25) is 4.79 Å². The van der Waals surface area contributed by atoms with Gasteiger partial charge in [-0.05, 0) is 105 Å². The predicted octanol–water partition coefficient (Wildman–Crippen LogP) is 9.84. The highest BCUT2D eigenvalue weighted by Crippen LogP contribution is 2.33. The van der Waals surface area contributed by atoms with Crippen molar-refractivity contribution >= 4 is 11.9 Å². The summed E-state index contributed by atoms with van der Waals surface area (Å²) in [6.45, 7) is 13.0. The van der Waals surface area contributed by atoms with Gasteiger partial charge in [-0.2, -0.15) is 9.97 Å². The molecular formula is C44H50N4O9. The lowest BCUT2D eigenvalue weighted by Crippen LogP contribution is -2.11. The molecular weight excluding hydrogens is 729 g/mol. The van der Waals surface area contributed by atoms with Crippen molar-refractivity contribution in [1.29, 1.82) is 0 Å². The summed E-state index contributed by atoms with van der Waals surface area (Å²) in [6.07, 6.45) is 9.77. The zero-order valence-corrected chi connectivity index (χ0v) is 32.7. The number of hydrogen-bond acceptors (Lipinski definition) is 13. The normalized spacial score (nSPS) is 11.4. The SMILES string of the molecule is C=COC(=O)CCCCOc1ccc(-c2nc(-c3cc(OCC(CC)CCCC)cc(-c4noc(-c5ccc(OCCCCOC(=O)C=C)cc5)n4)c3)no2)cc1. The Kier molecular flexibility index (Phi) is 16.4. The van der Waals surface area contributed by atoms with Crippen LogP contribution in [0.2, 0.25) is 0 Å². The molecule has 57 heavy (non-hydrogen) atoms. The first kappa shape index (κ1) is 41.9. The maximum atomic E-state index is 11.5. The van der Waals surface area contributed by atoms with Gasteiger partial charge in [0.05, 0.1) is 32.7 Å². The molecule has 0 amide bonds. The van der Waals surface area contributed by atoms with Crippen LogP contribution in [-0.2, 0) is 19.1 Å². The van der Waals surface area contributed by atoms with Gasteiger partial charge in [-0.25, -0.2) is 4.79 Å². The fourth-order valence-corrected chi connectivity index (χ4v) is 5.70. The number of nitrogens with zero attached hydrogens (tertiary/aromatic N) is 4. The van der Waals surface area contributed by atoms with E-state index in [9.17, 15) is 9.59 Å². The second-order valence-electron chi connectivity index (χ2n) is 13.3. The maximum Gasteiger partial charge on any atom is 0.330 e. The van der Waals surface area contributed by atoms with E-state index in [-0.39, 0.29) is 5.97 Å². The standard InChI is InChI=1S/C44H50N4O9/c1-5-9-14-31(6-2)30-55-38-28-34(41-45-43(56-47-41)32-16-20-36(21-17-32)52-24-11-10-15-40(50)51-8-4)27-35(29-38)42-46-44(57-48-42)33-18-22-37(23-19-33)53-25-12-13-26-54-39(49)7-3/h7-8,16-23,27-29,31H,3-6,9-15,24-26,30H2,1-2H3.